The zero-order valence-electron chi connectivity index (χ0n) is 13.0. The first-order valence-electron chi connectivity index (χ1n) is 7.95. The number of aliphatic hydroxyl groups is 1. The molecule has 0 saturated carbocycles. The van der Waals surface area contributed by atoms with E-state index in [1.54, 1.807) is 12.4 Å². The molecule has 24 heavy (non-hydrogen) atoms. The fourth-order valence-corrected chi connectivity index (χ4v) is 2.83. The number of anilines is 1. The number of rotatable bonds is 3. The minimum Gasteiger partial charge on any atom is -0.393 e. The highest BCUT2D eigenvalue weighted by molar-refractivity contribution is 5.70. The van der Waals surface area contributed by atoms with Gasteiger partial charge in [0.15, 0.2) is 0 Å². The molecule has 0 amide bonds. The average molecular weight is 323 g/mol. The van der Waals surface area contributed by atoms with Crippen molar-refractivity contribution in [2.75, 3.05) is 18.0 Å². The van der Waals surface area contributed by atoms with Gasteiger partial charge in [0.2, 0.25) is 5.82 Å². The maximum absolute atomic E-state index is 9.69. The maximum Gasteiger partial charge on any atom is 0.262 e. The Balaban J connectivity index is 1.67. The second-order valence-corrected chi connectivity index (χ2v) is 5.73. The minimum atomic E-state index is -0.229. The molecule has 1 aliphatic rings. The highest BCUT2D eigenvalue weighted by Crippen LogP contribution is 2.30. The van der Waals surface area contributed by atoms with E-state index < -0.39 is 0 Å². The Kier molecular flexibility index (Phi) is 3.92. The molecule has 0 spiro atoms. The van der Waals surface area contributed by atoms with E-state index in [2.05, 4.69) is 25.0 Å². The molecular formula is C17H17N5O2. The summed E-state index contributed by atoms with van der Waals surface area (Å²) in [6.07, 6.45) is 4.69. The maximum atomic E-state index is 9.69. The fraction of sp³-hybridized carbons (Fsp3) is 0.294. The lowest BCUT2D eigenvalue weighted by atomic mass is 10.1. The molecule has 3 aromatic rings. The summed E-state index contributed by atoms with van der Waals surface area (Å²) in [6, 6.07) is 9.33. The standard InChI is InChI=1S/C17H17N5O2/c23-12-6-10-22(11-7-12)16-13(4-3-9-19-16)17-20-15(21-24-17)14-5-1-2-8-18-14/h1-5,8-9,12,23H,6-7,10-11H2. The van der Waals surface area contributed by atoms with E-state index in [1.165, 1.54) is 0 Å². The van der Waals surface area contributed by atoms with Crippen LogP contribution in [0.2, 0.25) is 0 Å². The van der Waals surface area contributed by atoms with E-state index in [1.807, 2.05) is 30.3 Å². The molecule has 7 nitrogen and oxygen atoms in total. The van der Waals surface area contributed by atoms with Crippen molar-refractivity contribution in [3.8, 4) is 23.0 Å². The van der Waals surface area contributed by atoms with Crippen molar-refractivity contribution in [2.24, 2.45) is 0 Å². The van der Waals surface area contributed by atoms with E-state index in [9.17, 15) is 5.11 Å². The molecule has 0 aromatic carbocycles. The van der Waals surface area contributed by atoms with E-state index in [0.29, 0.717) is 17.4 Å². The Morgan fingerprint density at radius 1 is 1.04 bits per heavy atom. The summed E-state index contributed by atoms with van der Waals surface area (Å²) in [6.45, 7) is 1.51. The summed E-state index contributed by atoms with van der Waals surface area (Å²) in [5.41, 5.74) is 1.46. The van der Waals surface area contributed by atoms with Gasteiger partial charge in [-0.3, -0.25) is 4.98 Å². The van der Waals surface area contributed by atoms with Crippen molar-refractivity contribution < 1.29 is 9.63 Å². The van der Waals surface area contributed by atoms with Crippen molar-refractivity contribution in [1.29, 1.82) is 0 Å². The van der Waals surface area contributed by atoms with Crippen LogP contribution >= 0.6 is 0 Å². The van der Waals surface area contributed by atoms with Crippen LogP contribution in [0.15, 0.2) is 47.2 Å². The van der Waals surface area contributed by atoms with Crippen molar-refractivity contribution >= 4 is 5.82 Å². The highest BCUT2D eigenvalue weighted by atomic mass is 16.5. The van der Waals surface area contributed by atoms with Crippen LogP contribution in [0.25, 0.3) is 23.0 Å². The van der Waals surface area contributed by atoms with Crippen molar-refractivity contribution in [3.05, 3.63) is 42.7 Å². The van der Waals surface area contributed by atoms with E-state index in [0.717, 1.165) is 37.3 Å². The van der Waals surface area contributed by atoms with E-state index in [-0.39, 0.29) is 6.10 Å². The van der Waals surface area contributed by atoms with Crippen molar-refractivity contribution in [2.45, 2.75) is 18.9 Å². The van der Waals surface area contributed by atoms with Gasteiger partial charge >= 0.3 is 0 Å². The lowest BCUT2D eigenvalue weighted by Gasteiger charge is -2.31. The first-order chi connectivity index (χ1) is 11.8. The Morgan fingerprint density at radius 3 is 2.67 bits per heavy atom. The first kappa shape index (κ1) is 14.8. The van der Waals surface area contributed by atoms with Gasteiger partial charge in [-0.2, -0.15) is 4.98 Å². The van der Waals surface area contributed by atoms with Gasteiger partial charge in [0, 0.05) is 25.5 Å². The first-order valence-corrected chi connectivity index (χ1v) is 7.95. The summed E-state index contributed by atoms with van der Waals surface area (Å²) >= 11 is 0. The van der Waals surface area contributed by atoms with Crippen LogP contribution in [0.3, 0.4) is 0 Å². The lowest BCUT2D eigenvalue weighted by molar-refractivity contribution is 0.145. The van der Waals surface area contributed by atoms with Gasteiger partial charge in [-0.15, -0.1) is 0 Å². The quantitative estimate of drug-likeness (QED) is 0.790. The van der Waals surface area contributed by atoms with Crippen LogP contribution in [-0.2, 0) is 0 Å². The Labute approximate surface area is 139 Å². The van der Waals surface area contributed by atoms with Gasteiger partial charge < -0.3 is 14.5 Å². The third-order valence-electron chi connectivity index (χ3n) is 4.10. The molecule has 4 rings (SSSR count). The Morgan fingerprint density at radius 2 is 1.88 bits per heavy atom. The van der Waals surface area contributed by atoms with Gasteiger partial charge in [-0.05, 0) is 37.1 Å². The highest BCUT2D eigenvalue weighted by Gasteiger charge is 2.23. The third kappa shape index (κ3) is 2.85. The number of pyridine rings is 2. The van der Waals surface area contributed by atoms with Crippen LogP contribution in [0.4, 0.5) is 5.82 Å². The number of piperidine rings is 1. The largest absolute Gasteiger partial charge is 0.393 e. The molecule has 0 bridgehead atoms. The number of aromatic nitrogens is 4. The predicted molar refractivity (Wildman–Crippen MR) is 88.2 cm³/mol. The van der Waals surface area contributed by atoms with Crippen LogP contribution in [0.1, 0.15) is 12.8 Å². The smallest absolute Gasteiger partial charge is 0.262 e. The van der Waals surface area contributed by atoms with Crippen LogP contribution in [0.5, 0.6) is 0 Å². The topological polar surface area (TPSA) is 88.2 Å². The zero-order valence-corrected chi connectivity index (χ0v) is 13.0. The van der Waals surface area contributed by atoms with Crippen LogP contribution < -0.4 is 4.90 Å². The molecule has 4 heterocycles. The fourth-order valence-electron chi connectivity index (χ4n) is 2.83. The molecule has 1 aliphatic heterocycles. The zero-order chi connectivity index (χ0) is 16.4. The predicted octanol–water partition coefficient (Wildman–Crippen LogP) is 2.15. The molecule has 3 aromatic heterocycles. The molecule has 1 saturated heterocycles. The minimum absolute atomic E-state index is 0.229. The summed E-state index contributed by atoms with van der Waals surface area (Å²) in [7, 11) is 0. The molecule has 0 unspecified atom stereocenters. The van der Waals surface area contributed by atoms with E-state index in [4.69, 9.17) is 4.52 Å². The third-order valence-corrected chi connectivity index (χ3v) is 4.10. The van der Waals surface area contributed by atoms with Gasteiger partial charge in [0.05, 0.1) is 11.7 Å². The molecule has 0 atom stereocenters. The van der Waals surface area contributed by atoms with Crippen molar-refractivity contribution in [1.82, 2.24) is 20.1 Å². The van der Waals surface area contributed by atoms with Gasteiger partial charge in [0.1, 0.15) is 11.5 Å². The van der Waals surface area contributed by atoms with E-state index >= 15 is 0 Å². The molecule has 1 N–H and O–H groups in total. The van der Waals surface area contributed by atoms with Crippen molar-refractivity contribution in [3.63, 3.8) is 0 Å². The number of aliphatic hydroxyl groups excluding tert-OH is 1. The normalized spacial score (nSPS) is 15.6. The molecular weight excluding hydrogens is 306 g/mol. The summed E-state index contributed by atoms with van der Waals surface area (Å²) in [4.78, 5) is 15.3. The van der Waals surface area contributed by atoms with Crippen LogP contribution in [-0.4, -0.2) is 44.4 Å². The number of hydrogen-bond donors (Lipinski definition) is 1. The number of nitrogens with zero attached hydrogens (tertiary/aromatic N) is 5. The molecule has 1 fully saturated rings. The van der Waals surface area contributed by atoms with Gasteiger partial charge in [-0.25, -0.2) is 4.98 Å². The van der Waals surface area contributed by atoms with Crippen LogP contribution in [0, 0.1) is 0 Å². The molecule has 7 heteroatoms. The monoisotopic (exact) mass is 323 g/mol. The molecule has 122 valence electrons. The van der Waals surface area contributed by atoms with Gasteiger partial charge in [0.25, 0.3) is 5.89 Å². The summed E-state index contributed by atoms with van der Waals surface area (Å²) in [5.74, 6) is 1.68. The Hall–Kier alpha value is -2.80. The summed E-state index contributed by atoms with van der Waals surface area (Å²) < 4.78 is 5.44. The average Bonchev–Trinajstić information content (AvgIpc) is 3.13. The van der Waals surface area contributed by atoms with Gasteiger partial charge in [-0.1, -0.05) is 11.2 Å². The molecule has 0 aliphatic carbocycles. The Bertz CT molecular complexity index is 813. The second-order valence-electron chi connectivity index (χ2n) is 5.73. The molecule has 0 radical (unpaired) electrons. The summed E-state index contributed by atoms with van der Waals surface area (Å²) in [5, 5.41) is 13.7. The number of hydrogen-bond acceptors (Lipinski definition) is 7. The lowest BCUT2D eigenvalue weighted by Crippen LogP contribution is -2.36. The SMILES string of the molecule is OC1CCN(c2ncccc2-c2nc(-c3ccccn3)no2)CC1. The second kappa shape index (κ2) is 6.37.